The topological polar surface area (TPSA) is 56.1 Å². The minimum Gasteiger partial charge on any atom is -0.380 e. The third kappa shape index (κ3) is 5.43. The van der Waals surface area contributed by atoms with Gasteiger partial charge in [-0.15, -0.1) is 0 Å². The van der Waals surface area contributed by atoms with E-state index in [9.17, 15) is 4.79 Å². The van der Waals surface area contributed by atoms with E-state index in [1.807, 2.05) is 6.92 Å². The predicted octanol–water partition coefficient (Wildman–Crippen LogP) is 3.13. The van der Waals surface area contributed by atoms with Crippen molar-refractivity contribution in [2.75, 3.05) is 18.5 Å². The lowest BCUT2D eigenvalue weighted by molar-refractivity contribution is 0.127. The fourth-order valence-corrected chi connectivity index (χ4v) is 2.31. The SMILES string of the molecule is CCOCC(Nc1cnn(CC(C)C)c(=O)c1Br)C(C)C. The Hall–Kier alpha value is -0.880. The normalized spacial score (nSPS) is 13.0. The van der Waals surface area contributed by atoms with Crippen LogP contribution < -0.4 is 10.9 Å². The molecule has 1 atom stereocenters. The van der Waals surface area contributed by atoms with Crippen LogP contribution in [0.5, 0.6) is 0 Å². The zero-order chi connectivity index (χ0) is 16.0. The second-order valence-corrected chi connectivity index (χ2v) is 6.70. The number of hydrogen-bond donors (Lipinski definition) is 1. The zero-order valence-electron chi connectivity index (χ0n) is 13.5. The van der Waals surface area contributed by atoms with Crippen LogP contribution >= 0.6 is 15.9 Å². The van der Waals surface area contributed by atoms with E-state index in [-0.39, 0.29) is 11.6 Å². The quantitative estimate of drug-likeness (QED) is 0.774. The molecule has 5 nitrogen and oxygen atoms in total. The highest BCUT2D eigenvalue weighted by atomic mass is 79.9. The van der Waals surface area contributed by atoms with Gasteiger partial charge >= 0.3 is 0 Å². The van der Waals surface area contributed by atoms with Gasteiger partial charge in [0.1, 0.15) is 4.47 Å². The van der Waals surface area contributed by atoms with E-state index in [1.165, 1.54) is 4.68 Å². The predicted molar refractivity (Wildman–Crippen MR) is 89.8 cm³/mol. The Morgan fingerprint density at radius 1 is 1.38 bits per heavy atom. The standard InChI is InChI=1S/C15H26BrN3O2/c1-6-21-9-13(11(4)5)18-12-7-17-19(8-10(2)3)15(20)14(12)16/h7,10-11,13,18H,6,8-9H2,1-5H3. The molecule has 21 heavy (non-hydrogen) atoms. The Bertz CT molecular complexity index is 500. The van der Waals surface area contributed by atoms with E-state index >= 15 is 0 Å². The van der Waals surface area contributed by atoms with Crippen molar-refractivity contribution in [2.45, 2.75) is 47.2 Å². The van der Waals surface area contributed by atoms with Gasteiger partial charge in [0.15, 0.2) is 0 Å². The van der Waals surface area contributed by atoms with Gasteiger partial charge in [-0.3, -0.25) is 4.79 Å². The number of hydrogen-bond acceptors (Lipinski definition) is 4. The van der Waals surface area contributed by atoms with Crippen molar-refractivity contribution >= 4 is 21.6 Å². The highest BCUT2D eigenvalue weighted by molar-refractivity contribution is 9.10. The lowest BCUT2D eigenvalue weighted by atomic mass is 10.1. The van der Waals surface area contributed by atoms with E-state index in [4.69, 9.17) is 4.74 Å². The highest BCUT2D eigenvalue weighted by Crippen LogP contribution is 2.19. The van der Waals surface area contributed by atoms with Crippen molar-refractivity contribution in [3.05, 3.63) is 21.0 Å². The van der Waals surface area contributed by atoms with Crippen LogP contribution in [-0.2, 0) is 11.3 Å². The number of nitrogens with one attached hydrogen (secondary N) is 1. The van der Waals surface area contributed by atoms with Crippen LogP contribution in [-0.4, -0.2) is 29.0 Å². The maximum Gasteiger partial charge on any atom is 0.283 e. The molecule has 1 rings (SSSR count). The van der Waals surface area contributed by atoms with Crippen LogP contribution in [0, 0.1) is 11.8 Å². The maximum atomic E-state index is 12.3. The van der Waals surface area contributed by atoms with Crippen LogP contribution in [0.4, 0.5) is 5.69 Å². The molecule has 0 spiro atoms. The number of anilines is 1. The van der Waals surface area contributed by atoms with Gasteiger partial charge in [-0.1, -0.05) is 27.7 Å². The lowest BCUT2D eigenvalue weighted by Gasteiger charge is -2.23. The summed E-state index contributed by atoms with van der Waals surface area (Å²) in [6.45, 7) is 12.2. The van der Waals surface area contributed by atoms with Gasteiger partial charge < -0.3 is 10.1 Å². The number of rotatable bonds is 8. The molecule has 1 N–H and O–H groups in total. The first-order chi connectivity index (χ1) is 9.86. The number of aromatic nitrogens is 2. The molecule has 0 aliphatic heterocycles. The first kappa shape index (κ1) is 18.2. The Labute approximate surface area is 135 Å². The molecule has 1 aromatic rings. The molecule has 0 bridgehead atoms. The molecule has 0 aromatic carbocycles. The average Bonchev–Trinajstić information content (AvgIpc) is 2.41. The summed E-state index contributed by atoms with van der Waals surface area (Å²) in [5.41, 5.74) is 0.617. The third-order valence-electron chi connectivity index (χ3n) is 3.17. The first-order valence-electron chi connectivity index (χ1n) is 7.46. The van der Waals surface area contributed by atoms with Gasteiger partial charge in [-0.05, 0) is 34.7 Å². The monoisotopic (exact) mass is 359 g/mol. The number of ether oxygens (including phenoxy) is 1. The van der Waals surface area contributed by atoms with Gasteiger partial charge in [-0.25, -0.2) is 4.68 Å². The fraction of sp³-hybridized carbons (Fsp3) is 0.733. The second-order valence-electron chi connectivity index (χ2n) is 5.91. The van der Waals surface area contributed by atoms with Gasteiger partial charge in [0.05, 0.1) is 24.5 Å². The Morgan fingerprint density at radius 3 is 2.57 bits per heavy atom. The van der Waals surface area contributed by atoms with Crippen LogP contribution in [0.15, 0.2) is 15.5 Å². The van der Waals surface area contributed by atoms with Crippen molar-refractivity contribution in [3.63, 3.8) is 0 Å². The highest BCUT2D eigenvalue weighted by Gasteiger charge is 2.17. The minimum absolute atomic E-state index is 0.104. The largest absolute Gasteiger partial charge is 0.380 e. The molecular formula is C15H26BrN3O2. The summed E-state index contributed by atoms with van der Waals surface area (Å²) in [5.74, 6) is 0.767. The summed E-state index contributed by atoms with van der Waals surface area (Å²) in [6.07, 6.45) is 1.70. The van der Waals surface area contributed by atoms with Crippen molar-refractivity contribution < 1.29 is 4.74 Å². The Balaban J connectivity index is 2.93. The molecule has 1 unspecified atom stereocenters. The smallest absolute Gasteiger partial charge is 0.283 e. The molecular weight excluding hydrogens is 334 g/mol. The number of halogens is 1. The molecule has 0 amide bonds. The third-order valence-corrected chi connectivity index (χ3v) is 3.94. The van der Waals surface area contributed by atoms with Crippen LogP contribution in [0.25, 0.3) is 0 Å². The molecule has 6 heteroatoms. The Morgan fingerprint density at radius 2 is 2.05 bits per heavy atom. The summed E-state index contributed by atoms with van der Waals surface area (Å²) >= 11 is 3.39. The Kier molecular flexibility index (Phi) is 7.39. The van der Waals surface area contributed by atoms with Gasteiger partial charge in [-0.2, -0.15) is 5.10 Å². The van der Waals surface area contributed by atoms with E-state index in [0.29, 0.717) is 36.1 Å². The molecule has 1 heterocycles. The maximum absolute atomic E-state index is 12.3. The molecule has 0 aliphatic rings. The van der Waals surface area contributed by atoms with Crippen molar-refractivity contribution in [2.24, 2.45) is 11.8 Å². The van der Waals surface area contributed by atoms with E-state index < -0.39 is 0 Å². The summed E-state index contributed by atoms with van der Waals surface area (Å²) in [6, 6.07) is 0.142. The minimum atomic E-state index is -0.104. The van der Waals surface area contributed by atoms with Gasteiger partial charge in [0.25, 0.3) is 5.56 Å². The molecule has 0 radical (unpaired) electrons. The summed E-state index contributed by atoms with van der Waals surface area (Å²) in [5, 5.41) is 7.60. The fourth-order valence-electron chi connectivity index (χ4n) is 1.89. The molecule has 0 saturated carbocycles. The molecule has 120 valence electrons. The van der Waals surface area contributed by atoms with Crippen LogP contribution in [0.2, 0.25) is 0 Å². The van der Waals surface area contributed by atoms with Crippen molar-refractivity contribution in [1.29, 1.82) is 0 Å². The second kappa shape index (κ2) is 8.54. The summed E-state index contributed by atoms with van der Waals surface area (Å²) in [7, 11) is 0. The summed E-state index contributed by atoms with van der Waals surface area (Å²) < 4.78 is 7.52. The molecule has 0 saturated heterocycles. The molecule has 0 aliphatic carbocycles. The van der Waals surface area contributed by atoms with Gasteiger partial charge in [0.2, 0.25) is 0 Å². The average molecular weight is 360 g/mol. The number of nitrogens with zero attached hydrogens (tertiary/aromatic N) is 2. The van der Waals surface area contributed by atoms with Crippen molar-refractivity contribution in [3.8, 4) is 0 Å². The van der Waals surface area contributed by atoms with Crippen molar-refractivity contribution in [1.82, 2.24) is 9.78 Å². The van der Waals surface area contributed by atoms with Crippen LogP contribution in [0.1, 0.15) is 34.6 Å². The molecule has 0 fully saturated rings. The van der Waals surface area contributed by atoms with E-state index in [1.54, 1.807) is 6.20 Å². The van der Waals surface area contributed by atoms with E-state index in [0.717, 1.165) is 5.69 Å². The first-order valence-corrected chi connectivity index (χ1v) is 8.26. The molecule has 1 aromatic heterocycles. The van der Waals surface area contributed by atoms with Crippen LogP contribution in [0.3, 0.4) is 0 Å². The zero-order valence-corrected chi connectivity index (χ0v) is 15.1. The van der Waals surface area contributed by atoms with E-state index in [2.05, 4.69) is 54.0 Å². The lowest BCUT2D eigenvalue weighted by Crippen LogP contribution is -2.33. The summed E-state index contributed by atoms with van der Waals surface area (Å²) in [4.78, 5) is 12.3. The van der Waals surface area contributed by atoms with Gasteiger partial charge in [0, 0.05) is 13.2 Å².